The lowest BCUT2D eigenvalue weighted by molar-refractivity contribution is 0.0953. The summed E-state index contributed by atoms with van der Waals surface area (Å²) < 4.78 is 18.0. The number of aryl methyl sites for hydroxylation is 2. The van der Waals surface area contributed by atoms with Gasteiger partial charge in [-0.25, -0.2) is 9.37 Å². The Morgan fingerprint density at radius 2 is 1.97 bits per heavy atom. The van der Waals surface area contributed by atoms with Gasteiger partial charge in [0.25, 0.3) is 5.91 Å². The summed E-state index contributed by atoms with van der Waals surface area (Å²) >= 11 is 1.45. The van der Waals surface area contributed by atoms with Crippen LogP contribution in [0.4, 0.5) is 9.52 Å². The van der Waals surface area contributed by atoms with Crippen molar-refractivity contribution in [3.63, 3.8) is 0 Å². The highest BCUT2D eigenvalue weighted by molar-refractivity contribution is 7.09. The standard InChI is InChI=1S/C20H28FN7OS/c1-4-17-25-20(30-26-17)28-11-9-27(10-12-28)19(22-3)24-8-7-23-18(29)15-6-5-14(2)16(21)13-15/h5-6,13H,4,7-12H2,1-3H3,(H,22,24)(H,23,29). The molecule has 2 N–H and O–H groups in total. The Kier molecular flexibility index (Phi) is 7.56. The Bertz CT molecular complexity index is 893. The highest BCUT2D eigenvalue weighted by atomic mass is 32.1. The Labute approximate surface area is 180 Å². The van der Waals surface area contributed by atoms with E-state index in [-0.39, 0.29) is 11.7 Å². The van der Waals surface area contributed by atoms with Gasteiger partial charge in [0.1, 0.15) is 11.6 Å². The number of amides is 1. The number of piperazine rings is 1. The molecular weight excluding hydrogens is 405 g/mol. The maximum atomic E-state index is 13.6. The van der Waals surface area contributed by atoms with Gasteiger partial charge in [-0.1, -0.05) is 13.0 Å². The average molecular weight is 434 g/mol. The molecule has 1 fully saturated rings. The van der Waals surface area contributed by atoms with Crippen LogP contribution in [-0.2, 0) is 6.42 Å². The van der Waals surface area contributed by atoms with Crippen molar-refractivity contribution < 1.29 is 9.18 Å². The number of hydrogen-bond acceptors (Lipinski definition) is 6. The molecule has 0 unspecified atom stereocenters. The highest BCUT2D eigenvalue weighted by Gasteiger charge is 2.22. The molecule has 1 aromatic carbocycles. The van der Waals surface area contributed by atoms with Crippen molar-refractivity contribution in [1.29, 1.82) is 0 Å². The molecule has 3 rings (SSSR count). The summed E-state index contributed by atoms with van der Waals surface area (Å²) in [5, 5.41) is 7.05. The van der Waals surface area contributed by atoms with Crippen molar-refractivity contribution in [3.05, 3.63) is 41.0 Å². The zero-order chi connectivity index (χ0) is 21.5. The minimum atomic E-state index is -0.375. The molecule has 2 aromatic rings. The molecule has 30 heavy (non-hydrogen) atoms. The van der Waals surface area contributed by atoms with Crippen molar-refractivity contribution in [3.8, 4) is 0 Å². The molecule has 1 amide bonds. The normalized spacial score (nSPS) is 14.7. The van der Waals surface area contributed by atoms with Crippen molar-refractivity contribution in [1.82, 2.24) is 24.9 Å². The summed E-state index contributed by atoms with van der Waals surface area (Å²) in [6.45, 7) is 8.04. The van der Waals surface area contributed by atoms with Crippen LogP contribution in [-0.4, -0.2) is 72.4 Å². The van der Waals surface area contributed by atoms with E-state index in [0.29, 0.717) is 24.2 Å². The fourth-order valence-electron chi connectivity index (χ4n) is 3.15. The predicted molar refractivity (Wildman–Crippen MR) is 118 cm³/mol. The largest absolute Gasteiger partial charge is 0.354 e. The number of halogens is 1. The number of guanidine groups is 1. The van der Waals surface area contributed by atoms with Gasteiger partial charge in [-0.15, -0.1) is 0 Å². The molecule has 1 aromatic heterocycles. The molecule has 0 spiro atoms. The van der Waals surface area contributed by atoms with Crippen molar-refractivity contribution in [2.24, 2.45) is 4.99 Å². The van der Waals surface area contributed by atoms with Crippen molar-refractivity contribution >= 4 is 28.5 Å². The zero-order valence-electron chi connectivity index (χ0n) is 17.6. The topological polar surface area (TPSA) is 85.8 Å². The minimum absolute atomic E-state index is 0.289. The summed E-state index contributed by atoms with van der Waals surface area (Å²) in [6, 6.07) is 4.49. The van der Waals surface area contributed by atoms with Crippen LogP contribution in [0.25, 0.3) is 0 Å². The second-order valence-electron chi connectivity index (χ2n) is 7.01. The average Bonchev–Trinajstić information content (AvgIpc) is 3.25. The Morgan fingerprint density at radius 1 is 1.23 bits per heavy atom. The van der Waals surface area contributed by atoms with E-state index in [1.54, 1.807) is 26.1 Å². The molecule has 1 aliphatic rings. The van der Waals surface area contributed by atoms with Crippen LogP contribution in [0.1, 0.15) is 28.7 Å². The number of rotatable bonds is 6. The van der Waals surface area contributed by atoms with Crippen LogP contribution >= 0.6 is 11.5 Å². The van der Waals surface area contributed by atoms with Crippen LogP contribution in [0.15, 0.2) is 23.2 Å². The summed E-state index contributed by atoms with van der Waals surface area (Å²) in [5.74, 6) is 1.03. The highest BCUT2D eigenvalue weighted by Crippen LogP contribution is 2.19. The van der Waals surface area contributed by atoms with E-state index in [0.717, 1.165) is 49.5 Å². The van der Waals surface area contributed by atoms with Gasteiger partial charge in [-0.2, -0.15) is 4.37 Å². The summed E-state index contributed by atoms with van der Waals surface area (Å²) in [4.78, 5) is 25.5. The van der Waals surface area contributed by atoms with E-state index in [9.17, 15) is 9.18 Å². The quantitative estimate of drug-likeness (QED) is 0.410. The number of carbonyl (C=O) groups is 1. The first-order chi connectivity index (χ1) is 14.5. The molecule has 2 heterocycles. The van der Waals surface area contributed by atoms with Crippen LogP contribution in [0.3, 0.4) is 0 Å². The third kappa shape index (κ3) is 5.44. The van der Waals surface area contributed by atoms with Crippen LogP contribution < -0.4 is 15.5 Å². The maximum absolute atomic E-state index is 13.6. The van der Waals surface area contributed by atoms with E-state index in [1.807, 2.05) is 0 Å². The lowest BCUT2D eigenvalue weighted by atomic mass is 10.1. The SMILES string of the molecule is CCc1nsc(N2CCN(C(=NC)NCCNC(=O)c3ccc(C)c(F)c3)CC2)n1. The lowest BCUT2D eigenvalue weighted by Crippen LogP contribution is -2.53. The van der Waals surface area contributed by atoms with Gasteiger partial charge in [-0.3, -0.25) is 9.79 Å². The summed E-state index contributed by atoms with van der Waals surface area (Å²) in [5.41, 5.74) is 0.843. The van der Waals surface area contributed by atoms with E-state index in [2.05, 4.69) is 41.7 Å². The number of aromatic nitrogens is 2. The molecule has 10 heteroatoms. The molecule has 0 atom stereocenters. The molecule has 0 bridgehead atoms. The van der Waals surface area contributed by atoms with Crippen molar-refractivity contribution in [2.45, 2.75) is 20.3 Å². The second-order valence-corrected chi connectivity index (χ2v) is 7.74. The number of hydrogen-bond donors (Lipinski definition) is 2. The van der Waals surface area contributed by atoms with E-state index in [4.69, 9.17) is 0 Å². The van der Waals surface area contributed by atoms with Gasteiger partial charge in [0.2, 0.25) is 5.13 Å². The Hall–Kier alpha value is -2.75. The maximum Gasteiger partial charge on any atom is 0.251 e. The van der Waals surface area contributed by atoms with E-state index in [1.165, 1.54) is 17.6 Å². The Morgan fingerprint density at radius 3 is 2.60 bits per heavy atom. The molecule has 0 radical (unpaired) electrons. The molecule has 1 aliphatic heterocycles. The fraction of sp³-hybridized carbons (Fsp3) is 0.500. The third-order valence-corrected chi connectivity index (χ3v) is 5.78. The fourth-order valence-corrected chi connectivity index (χ4v) is 3.95. The van der Waals surface area contributed by atoms with E-state index < -0.39 is 0 Å². The summed E-state index contributed by atoms with van der Waals surface area (Å²) in [7, 11) is 1.75. The molecule has 1 saturated heterocycles. The molecule has 0 aliphatic carbocycles. The van der Waals surface area contributed by atoms with Crippen LogP contribution in [0.2, 0.25) is 0 Å². The third-order valence-electron chi connectivity index (χ3n) is 4.96. The molecular formula is C20H28FN7OS. The summed E-state index contributed by atoms with van der Waals surface area (Å²) in [6.07, 6.45) is 0.850. The number of nitrogens with one attached hydrogen (secondary N) is 2. The van der Waals surface area contributed by atoms with Gasteiger partial charge in [0.15, 0.2) is 5.96 Å². The van der Waals surface area contributed by atoms with Gasteiger partial charge in [-0.05, 0) is 24.6 Å². The predicted octanol–water partition coefficient (Wildman–Crippen LogP) is 1.68. The van der Waals surface area contributed by atoms with Gasteiger partial charge in [0, 0.05) is 69.8 Å². The molecule has 8 nitrogen and oxygen atoms in total. The number of carbonyl (C=O) groups excluding carboxylic acids is 1. The first-order valence-corrected chi connectivity index (χ1v) is 10.9. The number of anilines is 1. The lowest BCUT2D eigenvalue weighted by Gasteiger charge is -2.36. The van der Waals surface area contributed by atoms with Gasteiger partial charge in [0.05, 0.1) is 0 Å². The van der Waals surface area contributed by atoms with Crippen LogP contribution in [0.5, 0.6) is 0 Å². The smallest absolute Gasteiger partial charge is 0.251 e. The number of benzene rings is 1. The first kappa shape index (κ1) is 21.9. The molecule has 0 saturated carbocycles. The zero-order valence-corrected chi connectivity index (χ0v) is 18.4. The molecule has 162 valence electrons. The number of nitrogens with zero attached hydrogens (tertiary/aromatic N) is 5. The monoisotopic (exact) mass is 433 g/mol. The second kappa shape index (κ2) is 10.3. The first-order valence-electron chi connectivity index (χ1n) is 10.1. The van der Waals surface area contributed by atoms with Crippen LogP contribution in [0, 0.1) is 12.7 Å². The van der Waals surface area contributed by atoms with E-state index >= 15 is 0 Å². The van der Waals surface area contributed by atoms with Gasteiger partial charge >= 0.3 is 0 Å². The van der Waals surface area contributed by atoms with Crippen molar-refractivity contribution in [2.75, 3.05) is 51.2 Å². The number of aliphatic imine (C=N–C) groups is 1. The van der Waals surface area contributed by atoms with Gasteiger partial charge < -0.3 is 20.4 Å². The Balaban J connectivity index is 1.41. The minimum Gasteiger partial charge on any atom is -0.354 e.